The fourth-order valence-corrected chi connectivity index (χ4v) is 2.71. The van der Waals surface area contributed by atoms with E-state index in [1.54, 1.807) is 77.5 Å². The molecule has 4 rings (SSSR count). The Morgan fingerprint density at radius 1 is 0.348 bits per heavy atom. The molecule has 0 aliphatic carbocycles. The molecular weight excluding hydrogens is 1040 g/mol. The molecule has 266 valence electrons. The Bertz CT molecular complexity index is 1020. The molecular formula is C24H24N4O14V2W2-20. The fraction of sp³-hybridized carbons (Fsp3) is 0.167. The van der Waals surface area contributed by atoms with Crippen LogP contribution in [0.1, 0.15) is 0 Å². The van der Waals surface area contributed by atoms with Crippen molar-refractivity contribution in [2.24, 2.45) is 0 Å². The first-order valence-electron chi connectivity index (χ1n) is 9.67. The Morgan fingerprint density at radius 2 is 0.500 bits per heavy atom. The molecule has 18 nitrogen and oxygen atoms in total. The summed E-state index contributed by atoms with van der Waals surface area (Å²) in [6.07, 6.45) is 6.76. The van der Waals surface area contributed by atoms with Gasteiger partial charge in [0, 0.05) is 128 Å². The normalized spacial score (nSPS) is 6.87. The first-order valence-corrected chi connectivity index (χ1v) is 9.67. The van der Waals surface area contributed by atoms with Crippen LogP contribution < -0.4 is 18.9 Å². The average molecular weight is 1060 g/mol. The topological polar surface area (TPSA) is 373 Å². The van der Waals surface area contributed by atoms with E-state index < -0.39 is 0 Å². The van der Waals surface area contributed by atoms with Gasteiger partial charge >= 0.3 is 0 Å². The van der Waals surface area contributed by atoms with Gasteiger partial charge in [0.25, 0.3) is 0 Å². The zero-order valence-electron chi connectivity index (χ0n) is 24.1. The summed E-state index contributed by atoms with van der Waals surface area (Å²) in [5, 5.41) is 0. The molecule has 0 bridgehead atoms. The van der Waals surface area contributed by atoms with Gasteiger partial charge in [-0.3, -0.25) is 19.9 Å². The summed E-state index contributed by atoms with van der Waals surface area (Å²) in [7, 11) is 6.49. The number of methoxy groups -OCH3 is 4. The van der Waals surface area contributed by atoms with E-state index in [4.69, 9.17) is 18.9 Å². The van der Waals surface area contributed by atoms with Gasteiger partial charge < -0.3 is 73.7 Å². The molecule has 0 aromatic carbocycles. The quantitative estimate of drug-likeness (QED) is 0.275. The van der Waals surface area contributed by atoms with Crippen molar-refractivity contribution in [2.45, 2.75) is 0 Å². The van der Waals surface area contributed by atoms with Gasteiger partial charge in [0.2, 0.25) is 0 Å². The van der Waals surface area contributed by atoms with Crippen LogP contribution in [0, 0.1) is 0 Å². The minimum absolute atomic E-state index is 0. The zero-order chi connectivity index (χ0) is 22.8. The van der Waals surface area contributed by atoms with Gasteiger partial charge in [-0.25, -0.2) is 0 Å². The molecule has 22 heteroatoms. The van der Waals surface area contributed by atoms with Gasteiger partial charge in [-0.15, -0.1) is 0 Å². The number of ether oxygens (including phenoxy) is 4. The molecule has 0 aliphatic rings. The number of nitrogens with zero attached hydrogens (tertiary/aromatic N) is 4. The van der Waals surface area contributed by atoms with Crippen LogP contribution in [0.5, 0.6) is 23.0 Å². The van der Waals surface area contributed by atoms with Gasteiger partial charge in [-0.05, 0) is 24.3 Å². The molecule has 0 fully saturated rings. The minimum atomic E-state index is 0. The van der Waals surface area contributed by atoms with Crippen LogP contribution >= 0.6 is 0 Å². The number of aromatic nitrogens is 4. The minimum Gasteiger partial charge on any atom is -2.00 e. The molecule has 4 aromatic heterocycles. The first-order chi connectivity index (χ1) is 15.7. The number of hydrogen-bond acceptors (Lipinski definition) is 8. The van der Waals surface area contributed by atoms with Crippen molar-refractivity contribution < 1.29 is 153 Å². The Hall–Kier alpha value is -2.05. The standard InChI is InChI=1S/2C12H12N2O2.10O.2V.2W/c2*1-15-9-3-5-13-11(7-9)12-8-10(16-2)4-6-14-12;;;;;;;;;;;;;;/h2*3-8H,1-2H3;;;;;;;;;;;;;;/q;;10*-2;;;;. The predicted octanol–water partition coefficient (Wildman–Crippen LogP) is 3.12. The molecule has 46 heavy (non-hydrogen) atoms. The second kappa shape index (κ2) is 42.9. The molecule has 0 spiro atoms. The second-order valence-corrected chi connectivity index (χ2v) is 6.32. The molecule has 0 N–H and O–H groups in total. The van der Waals surface area contributed by atoms with Crippen molar-refractivity contribution in [1.82, 2.24) is 19.9 Å². The van der Waals surface area contributed by atoms with Gasteiger partial charge in [0.05, 0.1) is 51.2 Å². The number of pyridine rings is 4. The van der Waals surface area contributed by atoms with Crippen LogP contribution in [0.15, 0.2) is 73.3 Å². The van der Waals surface area contributed by atoms with E-state index in [0.717, 1.165) is 45.8 Å². The van der Waals surface area contributed by atoms with Gasteiger partial charge in [-0.1, -0.05) is 0 Å². The van der Waals surface area contributed by atoms with Gasteiger partial charge in [0.1, 0.15) is 23.0 Å². The van der Waals surface area contributed by atoms with E-state index in [-0.39, 0.29) is 134 Å². The van der Waals surface area contributed by atoms with Crippen LogP contribution in [-0.4, -0.2) is 48.4 Å². The van der Waals surface area contributed by atoms with Crippen molar-refractivity contribution in [1.29, 1.82) is 0 Å². The summed E-state index contributed by atoms with van der Waals surface area (Å²) in [6, 6.07) is 14.5. The molecule has 0 aliphatic heterocycles. The molecule has 0 unspecified atom stereocenters. The third-order valence-electron chi connectivity index (χ3n) is 4.39. The largest absolute Gasteiger partial charge is 2.00 e. The third-order valence-corrected chi connectivity index (χ3v) is 4.39. The van der Waals surface area contributed by atoms with Crippen LogP contribution in [0.3, 0.4) is 0 Å². The molecule has 0 atom stereocenters. The van der Waals surface area contributed by atoms with Crippen LogP contribution in [0.25, 0.3) is 22.8 Å². The van der Waals surface area contributed by atoms with Crippen LogP contribution in [0.4, 0.5) is 0 Å². The average Bonchev–Trinajstić information content (AvgIpc) is 2.89. The fourth-order valence-electron chi connectivity index (χ4n) is 2.71. The van der Waals surface area contributed by atoms with E-state index >= 15 is 0 Å². The third kappa shape index (κ3) is 24.2. The summed E-state index contributed by atoms with van der Waals surface area (Å²) in [5.74, 6) is 3.04. The monoisotopic (exact) mass is 1060 g/mol. The van der Waals surface area contributed by atoms with Crippen molar-refractivity contribution in [3.63, 3.8) is 0 Å². The maximum atomic E-state index is 5.13. The van der Waals surface area contributed by atoms with Crippen molar-refractivity contribution in [3.05, 3.63) is 73.3 Å². The van der Waals surface area contributed by atoms with E-state index in [2.05, 4.69) is 19.9 Å². The van der Waals surface area contributed by atoms with E-state index in [1.807, 2.05) is 24.3 Å². The predicted molar refractivity (Wildman–Crippen MR) is 128 cm³/mol. The Kier molecular flexibility index (Phi) is 74.1. The molecule has 4 heterocycles. The number of rotatable bonds is 6. The van der Waals surface area contributed by atoms with Crippen molar-refractivity contribution in [2.75, 3.05) is 28.4 Å². The summed E-state index contributed by atoms with van der Waals surface area (Å²) in [5.41, 5.74) is 3.05. The zero-order valence-corrected chi connectivity index (χ0v) is 32.8. The van der Waals surface area contributed by atoms with E-state index in [0.29, 0.717) is 0 Å². The Morgan fingerprint density at radius 3 is 0.630 bits per heavy atom. The summed E-state index contributed by atoms with van der Waals surface area (Å²) >= 11 is 0. The van der Waals surface area contributed by atoms with Crippen molar-refractivity contribution in [3.8, 4) is 45.8 Å². The summed E-state index contributed by atoms with van der Waals surface area (Å²) < 4.78 is 20.5. The SMILES string of the molecule is COc1ccnc(-c2cc(OC)ccn2)c1.COc1ccnc(-c2cc(OC)ccn2)c1.[O-2].[O-2].[O-2].[O-2].[O-2].[O-2].[O-2].[O-2].[O-2].[O-2].[V].[V].[W].[W]. The van der Waals surface area contributed by atoms with Gasteiger partial charge in [-0.2, -0.15) is 0 Å². The van der Waals surface area contributed by atoms with E-state index in [1.165, 1.54) is 0 Å². The molecule has 0 saturated carbocycles. The maximum absolute atomic E-state index is 5.13. The molecule has 4 aromatic rings. The molecule has 0 amide bonds. The van der Waals surface area contributed by atoms with Crippen molar-refractivity contribution >= 4 is 0 Å². The molecule has 0 saturated heterocycles. The first kappa shape index (κ1) is 79.4. The van der Waals surface area contributed by atoms with Crippen LogP contribution in [-0.2, 0) is 134 Å². The molecule has 2 radical (unpaired) electrons. The van der Waals surface area contributed by atoms with Gasteiger partial charge in [0.15, 0.2) is 0 Å². The Balaban J connectivity index is -0.0000000385. The maximum Gasteiger partial charge on any atom is 0.122 e. The van der Waals surface area contributed by atoms with E-state index in [9.17, 15) is 0 Å². The summed E-state index contributed by atoms with van der Waals surface area (Å²) in [4.78, 5) is 16.9. The summed E-state index contributed by atoms with van der Waals surface area (Å²) in [6.45, 7) is 0. The smallest absolute Gasteiger partial charge is 0.122 e. The number of hydrogen-bond donors (Lipinski definition) is 0. The van der Waals surface area contributed by atoms with Crippen LogP contribution in [0.2, 0.25) is 0 Å². The Labute approximate surface area is 318 Å². The second-order valence-electron chi connectivity index (χ2n) is 6.32.